The minimum Gasteiger partial charge on any atom is -0.480 e. The molecule has 0 fully saturated rings. The van der Waals surface area contributed by atoms with E-state index in [9.17, 15) is 14.4 Å². The van der Waals surface area contributed by atoms with Crippen LogP contribution in [0.3, 0.4) is 0 Å². The summed E-state index contributed by atoms with van der Waals surface area (Å²) in [4.78, 5) is 37.8. The first-order valence-corrected chi connectivity index (χ1v) is 6.88. The summed E-state index contributed by atoms with van der Waals surface area (Å²) in [6.45, 7) is 8.60. The van der Waals surface area contributed by atoms with Gasteiger partial charge in [-0.2, -0.15) is 0 Å². The molecule has 0 aromatic carbocycles. The van der Waals surface area contributed by atoms with Crippen molar-refractivity contribution in [1.82, 2.24) is 10.3 Å². The minimum atomic E-state index is -1.07. The standard InChI is InChI=1S/C15H22N2O4/c1-7(2)6-11(15(20)21)17-14(19)13-8(3)12(10(5)18)9(4)16-13/h7,11,16H,6H2,1-5H3,(H,17,19)(H,20,21). The number of carboxylic acids is 1. The molecule has 0 aliphatic rings. The maximum absolute atomic E-state index is 12.2. The van der Waals surface area contributed by atoms with Crippen LogP contribution in [0.25, 0.3) is 0 Å². The van der Waals surface area contributed by atoms with Crippen LogP contribution in [0.5, 0.6) is 0 Å². The molecule has 0 aliphatic heterocycles. The number of hydrogen-bond donors (Lipinski definition) is 3. The second kappa shape index (κ2) is 6.56. The summed E-state index contributed by atoms with van der Waals surface area (Å²) in [6.07, 6.45) is 0.347. The highest BCUT2D eigenvalue weighted by Gasteiger charge is 2.25. The van der Waals surface area contributed by atoms with Crippen LogP contribution in [0.4, 0.5) is 0 Å². The fourth-order valence-corrected chi connectivity index (χ4v) is 2.43. The Morgan fingerprint density at radius 3 is 2.19 bits per heavy atom. The van der Waals surface area contributed by atoms with Crippen molar-refractivity contribution in [2.45, 2.75) is 47.1 Å². The Kier molecular flexibility index (Phi) is 5.29. The molecule has 1 aromatic heterocycles. The van der Waals surface area contributed by atoms with E-state index in [4.69, 9.17) is 5.11 Å². The molecule has 3 N–H and O–H groups in total. The van der Waals surface area contributed by atoms with E-state index in [2.05, 4.69) is 10.3 Å². The van der Waals surface area contributed by atoms with Crippen molar-refractivity contribution in [3.8, 4) is 0 Å². The molecule has 0 saturated heterocycles. The lowest BCUT2D eigenvalue weighted by Gasteiger charge is -2.16. The van der Waals surface area contributed by atoms with Crippen LogP contribution in [-0.4, -0.2) is 33.8 Å². The number of carboxylic acid groups (broad SMARTS) is 1. The van der Waals surface area contributed by atoms with E-state index in [1.807, 2.05) is 13.8 Å². The van der Waals surface area contributed by atoms with Gasteiger partial charge in [-0.3, -0.25) is 9.59 Å². The lowest BCUT2D eigenvalue weighted by atomic mass is 10.0. The quantitative estimate of drug-likeness (QED) is 0.699. The predicted octanol–water partition coefficient (Wildman–Crippen LogP) is 2.06. The van der Waals surface area contributed by atoms with Crippen molar-refractivity contribution in [1.29, 1.82) is 0 Å². The van der Waals surface area contributed by atoms with Gasteiger partial charge in [0.25, 0.3) is 5.91 Å². The summed E-state index contributed by atoms with van der Waals surface area (Å²) < 4.78 is 0. The Morgan fingerprint density at radius 1 is 1.24 bits per heavy atom. The van der Waals surface area contributed by atoms with Gasteiger partial charge in [-0.05, 0) is 38.7 Å². The van der Waals surface area contributed by atoms with Gasteiger partial charge < -0.3 is 15.4 Å². The van der Waals surface area contributed by atoms with E-state index in [0.717, 1.165) is 0 Å². The van der Waals surface area contributed by atoms with Crippen LogP contribution >= 0.6 is 0 Å². The highest BCUT2D eigenvalue weighted by atomic mass is 16.4. The van der Waals surface area contributed by atoms with Gasteiger partial charge in [0.05, 0.1) is 0 Å². The Bertz CT molecular complexity index is 572. The van der Waals surface area contributed by atoms with Crippen LogP contribution in [0.15, 0.2) is 0 Å². The number of aromatic nitrogens is 1. The molecule has 6 nitrogen and oxygen atoms in total. The van der Waals surface area contributed by atoms with E-state index in [0.29, 0.717) is 23.2 Å². The zero-order valence-electron chi connectivity index (χ0n) is 13.0. The molecule has 1 amide bonds. The fourth-order valence-electron chi connectivity index (χ4n) is 2.43. The summed E-state index contributed by atoms with van der Waals surface area (Å²) in [6, 6.07) is -0.943. The number of Topliss-reactive ketones (excluding diaryl/α,β-unsaturated/α-hetero) is 1. The van der Waals surface area contributed by atoms with Crippen molar-refractivity contribution >= 4 is 17.7 Å². The topological polar surface area (TPSA) is 99.3 Å². The van der Waals surface area contributed by atoms with Gasteiger partial charge in [0.15, 0.2) is 5.78 Å². The van der Waals surface area contributed by atoms with Crippen LogP contribution < -0.4 is 5.32 Å². The van der Waals surface area contributed by atoms with Gasteiger partial charge in [0.1, 0.15) is 11.7 Å². The maximum Gasteiger partial charge on any atom is 0.326 e. The number of aliphatic carboxylic acids is 1. The number of hydrogen-bond acceptors (Lipinski definition) is 3. The van der Waals surface area contributed by atoms with Gasteiger partial charge in [0.2, 0.25) is 0 Å². The van der Waals surface area contributed by atoms with Crippen LogP contribution in [0, 0.1) is 19.8 Å². The second-order valence-electron chi connectivity index (χ2n) is 5.68. The number of carbonyl (C=O) groups is 3. The number of rotatable bonds is 6. The Labute approximate surface area is 123 Å². The molecule has 0 aliphatic carbocycles. The zero-order valence-corrected chi connectivity index (χ0v) is 13.0. The Hall–Kier alpha value is -2.11. The number of H-pyrrole nitrogens is 1. The Balaban J connectivity index is 3.01. The van der Waals surface area contributed by atoms with E-state index in [1.54, 1.807) is 13.8 Å². The molecule has 6 heteroatoms. The highest BCUT2D eigenvalue weighted by molar-refractivity contribution is 6.03. The molecular weight excluding hydrogens is 272 g/mol. The molecule has 0 spiro atoms. The summed E-state index contributed by atoms with van der Waals surface area (Å²) >= 11 is 0. The molecule has 0 saturated carbocycles. The zero-order chi connectivity index (χ0) is 16.3. The average molecular weight is 294 g/mol. The highest BCUT2D eigenvalue weighted by Crippen LogP contribution is 2.18. The van der Waals surface area contributed by atoms with Gasteiger partial charge in [-0.15, -0.1) is 0 Å². The summed E-state index contributed by atoms with van der Waals surface area (Å²) in [5, 5.41) is 11.7. The summed E-state index contributed by atoms with van der Waals surface area (Å²) in [5.74, 6) is -1.55. The van der Waals surface area contributed by atoms with Crippen LogP contribution in [-0.2, 0) is 4.79 Å². The predicted molar refractivity (Wildman–Crippen MR) is 78.6 cm³/mol. The van der Waals surface area contributed by atoms with Gasteiger partial charge >= 0.3 is 5.97 Å². The molecule has 0 bridgehead atoms. The third-order valence-electron chi connectivity index (χ3n) is 3.33. The van der Waals surface area contributed by atoms with E-state index >= 15 is 0 Å². The SMILES string of the molecule is CC(=O)c1c(C)[nH]c(C(=O)NC(CC(C)C)C(=O)O)c1C. The van der Waals surface area contributed by atoms with Crippen molar-refractivity contribution in [2.75, 3.05) is 0 Å². The lowest BCUT2D eigenvalue weighted by molar-refractivity contribution is -0.139. The van der Waals surface area contributed by atoms with Gasteiger partial charge in [0, 0.05) is 11.3 Å². The number of nitrogens with one attached hydrogen (secondary N) is 2. The Morgan fingerprint density at radius 2 is 1.81 bits per heavy atom. The third kappa shape index (κ3) is 3.93. The minimum absolute atomic E-state index is 0.128. The van der Waals surface area contributed by atoms with Crippen molar-refractivity contribution in [2.24, 2.45) is 5.92 Å². The summed E-state index contributed by atoms with van der Waals surface area (Å²) in [7, 11) is 0. The van der Waals surface area contributed by atoms with Gasteiger partial charge in [-0.1, -0.05) is 13.8 Å². The third-order valence-corrected chi connectivity index (χ3v) is 3.33. The fraction of sp³-hybridized carbons (Fsp3) is 0.533. The lowest BCUT2D eigenvalue weighted by Crippen LogP contribution is -2.42. The normalized spacial score (nSPS) is 12.3. The average Bonchev–Trinajstić information content (AvgIpc) is 2.63. The van der Waals surface area contributed by atoms with Crippen molar-refractivity contribution in [3.05, 3.63) is 22.5 Å². The first-order valence-electron chi connectivity index (χ1n) is 6.88. The molecule has 116 valence electrons. The first-order chi connectivity index (χ1) is 9.65. The van der Waals surface area contributed by atoms with Gasteiger partial charge in [-0.25, -0.2) is 4.79 Å². The molecule has 1 unspecified atom stereocenters. The molecule has 1 aromatic rings. The molecule has 0 radical (unpaired) electrons. The first kappa shape index (κ1) is 16.9. The molecular formula is C15H22N2O4. The largest absolute Gasteiger partial charge is 0.480 e. The maximum atomic E-state index is 12.2. The molecule has 21 heavy (non-hydrogen) atoms. The molecule has 1 heterocycles. The smallest absolute Gasteiger partial charge is 0.326 e. The molecule has 1 atom stereocenters. The second-order valence-corrected chi connectivity index (χ2v) is 5.68. The number of aryl methyl sites for hydroxylation is 1. The van der Waals surface area contributed by atoms with Crippen LogP contribution in [0.2, 0.25) is 0 Å². The van der Waals surface area contributed by atoms with E-state index in [1.165, 1.54) is 6.92 Å². The summed E-state index contributed by atoms with van der Waals surface area (Å²) in [5.41, 5.74) is 1.88. The van der Waals surface area contributed by atoms with Crippen molar-refractivity contribution < 1.29 is 19.5 Å². The number of carbonyl (C=O) groups excluding carboxylic acids is 2. The number of amides is 1. The van der Waals surface area contributed by atoms with Crippen molar-refractivity contribution in [3.63, 3.8) is 0 Å². The number of aromatic amines is 1. The van der Waals surface area contributed by atoms with Crippen LogP contribution in [0.1, 0.15) is 59.3 Å². The monoisotopic (exact) mass is 294 g/mol. The van der Waals surface area contributed by atoms with E-state index in [-0.39, 0.29) is 17.4 Å². The van der Waals surface area contributed by atoms with E-state index < -0.39 is 17.9 Å². The number of ketones is 1. The molecule has 1 rings (SSSR count).